The van der Waals surface area contributed by atoms with Crippen LogP contribution < -0.4 is 11.1 Å². The number of carboxylic acids is 1. The SMILES string of the molecule is CON=C(C(=O)NC1C(=O)N2C(C(=O)O)=C(OS(=O)(=O)c3ccc(C)cc3)CS[C@@H]12)c1csc(N)n1. The van der Waals surface area contributed by atoms with Crippen LogP contribution in [0.15, 0.2) is 51.2 Å². The standard InChI is InChI=1S/C20H19N5O8S3/c1-9-3-5-10(6-4-9)36(30,31)33-12-8-34-18-14(17(27)25(18)15(12)19(28)29)23-16(26)13(24-32-2)11-7-35-20(21)22-11/h3-7,14,18H,8H2,1-2H3,(H2,21,22)(H,23,26)(H,28,29)/t14?,18-/m0/s1. The van der Waals surface area contributed by atoms with Crippen molar-refractivity contribution in [1.29, 1.82) is 0 Å². The summed E-state index contributed by atoms with van der Waals surface area (Å²) in [5.74, 6) is -3.67. The summed E-state index contributed by atoms with van der Waals surface area (Å²) in [6.45, 7) is 1.78. The molecule has 0 aliphatic carbocycles. The second-order valence-electron chi connectivity index (χ2n) is 7.48. The smallest absolute Gasteiger partial charge is 0.356 e. The number of thioether (sulfide) groups is 1. The van der Waals surface area contributed by atoms with Gasteiger partial charge in [-0.05, 0) is 19.1 Å². The van der Waals surface area contributed by atoms with Gasteiger partial charge in [-0.25, -0.2) is 9.78 Å². The fraction of sp³-hybridized carbons (Fsp3) is 0.250. The average Bonchev–Trinajstić information content (AvgIpc) is 3.26. The number of benzene rings is 1. The third-order valence-corrected chi connectivity index (χ3v) is 8.30. The molecule has 1 saturated heterocycles. The highest BCUT2D eigenvalue weighted by atomic mass is 32.2. The molecule has 190 valence electrons. The number of β-lactam (4-membered cyclic amide) rings is 1. The van der Waals surface area contributed by atoms with Crippen LogP contribution in [-0.2, 0) is 33.5 Å². The number of aryl methyl sites for hydroxylation is 1. The van der Waals surface area contributed by atoms with Gasteiger partial charge in [0.25, 0.3) is 11.8 Å². The maximum atomic E-state index is 12.9. The third-order valence-electron chi connectivity index (χ3n) is 5.10. The number of oxime groups is 1. The van der Waals surface area contributed by atoms with E-state index in [2.05, 4.69) is 15.5 Å². The number of hydrogen-bond donors (Lipinski definition) is 3. The molecule has 1 aromatic carbocycles. The highest BCUT2D eigenvalue weighted by molar-refractivity contribution is 8.00. The topological polar surface area (TPSA) is 191 Å². The largest absolute Gasteiger partial charge is 0.476 e. The van der Waals surface area contributed by atoms with Crippen LogP contribution in [0.25, 0.3) is 0 Å². The molecule has 4 rings (SSSR count). The lowest BCUT2D eigenvalue weighted by Gasteiger charge is -2.48. The lowest BCUT2D eigenvalue weighted by molar-refractivity contribution is -0.150. The van der Waals surface area contributed by atoms with Crippen molar-refractivity contribution < 1.29 is 36.9 Å². The molecule has 1 aromatic heterocycles. The molecule has 2 amide bonds. The van der Waals surface area contributed by atoms with Crippen molar-refractivity contribution >= 4 is 61.8 Å². The molecule has 2 aliphatic rings. The summed E-state index contributed by atoms with van der Waals surface area (Å²) in [4.78, 5) is 47.1. The van der Waals surface area contributed by atoms with E-state index in [-0.39, 0.29) is 27.2 Å². The van der Waals surface area contributed by atoms with Crippen molar-refractivity contribution in [2.45, 2.75) is 23.2 Å². The lowest BCUT2D eigenvalue weighted by Crippen LogP contribution is -2.71. The van der Waals surface area contributed by atoms with Gasteiger partial charge in [0.15, 0.2) is 22.3 Å². The van der Waals surface area contributed by atoms with Crippen molar-refractivity contribution in [3.05, 3.63) is 52.4 Å². The van der Waals surface area contributed by atoms with E-state index in [9.17, 15) is 27.9 Å². The Hall–Kier alpha value is -3.63. The van der Waals surface area contributed by atoms with Crippen molar-refractivity contribution in [2.24, 2.45) is 5.16 Å². The van der Waals surface area contributed by atoms with Crippen LogP contribution in [0.3, 0.4) is 0 Å². The van der Waals surface area contributed by atoms with Gasteiger partial charge in [-0.1, -0.05) is 22.9 Å². The molecular weight excluding hydrogens is 534 g/mol. The van der Waals surface area contributed by atoms with Crippen LogP contribution in [-0.4, -0.2) is 71.2 Å². The van der Waals surface area contributed by atoms with E-state index >= 15 is 0 Å². The molecular formula is C20H19N5O8S3. The molecule has 1 fully saturated rings. The molecule has 4 N–H and O–H groups in total. The zero-order valence-electron chi connectivity index (χ0n) is 18.7. The highest BCUT2D eigenvalue weighted by Crippen LogP contribution is 2.41. The third kappa shape index (κ3) is 4.74. The Balaban J connectivity index is 1.55. The number of aromatic nitrogens is 1. The number of nitrogens with two attached hydrogens (primary N) is 1. The summed E-state index contributed by atoms with van der Waals surface area (Å²) in [5.41, 5.74) is 5.74. The fourth-order valence-electron chi connectivity index (χ4n) is 3.44. The molecule has 13 nitrogen and oxygen atoms in total. The highest BCUT2D eigenvalue weighted by Gasteiger charge is 2.55. The Bertz CT molecular complexity index is 1400. The number of amides is 2. The van der Waals surface area contributed by atoms with Crippen LogP contribution in [0.4, 0.5) is 5.13 Å². The molecule has 16 heteroatoms. The number of rotatable bonds is 8. The summed E-state index contributed by atoms with van der Waals surface area (Å²) >= 11 is 2.11. The molecule has 2 aliphatic heterocycles. The molecule has 0 spiro atoms. The predicted molar refractivity (Wildman–Crippen MR) is 129 cm³/mol. The quantitative estimate of drug-likeness (QED) is 0.178. The van der Waals surface area contributed by atoms with Crippen LogP contribution >= 0.6 is 23.1 Å². The van der Waals surface area contributed by atoms with Gasteiger partial charge in [-0.3, -0.25) is 14.5 Å². The number of fused-ring (bicyclic) bond motifs is 1. The van der Waals surface area contributed by atoms with Crippen LogP contribution in [0.5, 0.6) is 0 Å². The van der Waals surface area contributed by atoms with Gasteiger partial charge in [0.05, 0.1) is 5.75 Å². The average molecular weight is 554 g/mol. The molecule has 0 radical (unpaired) electrons. The fourth-order valence-corrected chi connectivity index (χ4v) is 6.29. The van der Waals surface area contributed by atoms with Crippen LogP contribution in [0.1, 0.15) is 11.3 Å². The van der Waals surface area contributed by atoms with E-state index in [0.717, 1.165) is 33.6 Å². The predicted octanol–water partition coefficient (Wildman–Crippen LogP) is 0.486. The van der Waals surface area contributed by atoms with Gasteiger partial charge in [0, 0.05) is 5.38 Å². The Morgan fingerprint density at radius 3 is 2.58 bits per heavy atom. The first-order valence-corrected chi connectivity index (χ1v) is 13.4. The molecule has 36 heavy (non-hydrogen) atoms. The number of nitrogens with zero attached hydrogens (tertiary/aromatic N) is 3. The molecule has 0 bridgehead atoms. The van der Waals surface area contributed by atoms with Gasteiger partial charge in [-0.15, -0.1) is 23.1 Å². The second kappa shape index (κ2) is 9.79. The first kappa shape index (κ1) is 25.5. The number of nitrogens with one attached hydrogen (secondary N) is 1. The summed E-state index contributed by atoms with van der Waals surface area (Å²) in [6.07, 6.45) is 0. The monoisotopic (exact) mass is 553 g/mol. The molecule has 2 atom stereocenters. The van der Waals surface area contributed by atoms with E-state index in [1.807, 2.05) is 0 Å². The number of nitrogen functional groups attached to an aromatic ring is 1. The molecule has 1 unspecified atom stereocenters. The Morgan fingerprint density at radius 1 is 1.31 bits per heavy atom. The number of carboxylic acid groups (broad SMARTS) is 1. The van der Waals surface area contributed by atoms with Crippen LogP contribution in [0.2, 0.25) is 0 Å². The summed E-state index contributed by atoms with van der Waals surface area (Å²) in [7, 11) is -3.12. The van der Waals surface area contributed by atoms with E-state index < -0.39 is 50.8 Å². The maximum absolute atomic E-state index is 12.9. The number of carbonyl (C=O) groups is 3. The Labute approximate surface area is 213 Å². The van der Waals surface area contributed by atoms with Gasteiger partial charge in [-0.2, -0.15) is 8.42 Å². The van der Waals surface area contributed by atoms with E-state index in [1.165, 1.54) is 24.6 Å². The number of aliphatic carboxylic acids is 1. The minimum atomic E-state index is -4.34. The van der Waals surface area contributed by atoms with Crippen molar-refractivity contribution in [1.82, 2.24) is 15.2 Å². The van der Waals surface area contributed by atoms with Gasteiger partial charge < -0.3 is 25.2 Å². The summed E-state index contributed by atoms with van der Waals surface area (Å²) < 4.78 is 30.5. The summed E-state index contributed by atoms with van der Waals surface area (Å²) in [5, 5.41) is 16.8. The number of thiazole rings is 1. The molecule has 3 heterocycles. The van der Waals surface area contributed by atoms with E-state index in [4.69, 9.17) is 14.8 Å². The zero-order chi connectivity index (χ0) is 26.2. The number of hydrogen-bond acceptors (Lipinski definition) is 12. The number of carbonyl (C=O) groups excluding carboxylic acids is 2. The van der Waals surface area contributed by atoms with Gasteiger partial charge >= 0.3 is 16.1 Å². The van der Waals surface area contributed by atoms with Crippen molar-refractivity contribution in [3.8, 4) is 0 Å². The van der Waals surface area contributed by atoms with Gasteiger partial charge in [0.1, 0.15) is 29.1 Å². The second-order valence-corrected chi connectivity index (χ2v) is 11.0. The molecule has 0 saturated carbocycles. The summed E-state index contributed by atoms with van der Waals surface area (Å²) in [6, 6.07) is 4.70. The Morgan fingerprint density at radius 2 is 2.00 bits per heavy atom. The number of anilines is 1. The van der Waals surface area contributed by atoms with Crippen molar-refractivity contribution in [2.75, 3.05) is 18.6 Å². The van der Waals surface area contributed by atoms with Crippen LogP contribution in [0, 0.1) is 6.92 Å². The minimum Gasteiger partial charge on any atom is -0.476 e. The first-order chi connectivity index (χ1) is 17.0. The van der Waals surface area contributed by atoms with E-state index in [0.29, 0.717) is 0 Å². The zero-order valence-corrected chi connectivity index (χ0v) is 21.1. The van der Waals surface area contributed by atoms with E-state index in [1.54, 1.807) is 19.1 Å². The first-order valence-electron chi connectivity index (χ1n) is 10.1. The lowest BCUT2D eigenvalue weighted by atomic mass is 10.0. The normalized spacial score (nSPS) is 19.9. The van der Waals surface area contributed by atoms with Gasteiger partial charge in [0.2, 0.25) is 0 Å². The van der Waals surface area contributed by atoms with Crippen molar-refractivity contribution in [3.63, 3.8) is 0 Å². The maximum Gasteiger partial charge on any atom is 0.356 e. The molecule has 2 aromatic rings. The minimum absolute atomic E-state index is 0.139. The Kier molecular flexibility index (Phi) is 6.92.